The van der Waals surface area contributed by atoms with Gasteiger partial charge in [-0.25, -0.2) is 0 Å². The summed E-state index contributed by atoms with van der Waals surface area (Å²) in [6, 6.07) is 8.20. The van der Waals surface area contributed by atoms with Gasteiger partial charge < -0.3 is 0 Å². The van der Waals surface area contributed by atoms with Crippen LogP contribution in [0.4, 0.5) is 0 Å². The van der Waals surface area contributed by atoms with Gasteiger partial charge in [-0.3, -0.25) is 0 Å². The molecule has 3 aliphatic heterocycles. The van der Waals surface area contributed by atoms with Crippen LogP contribution in [0.3, 0.4) is 0 Å². The Hall–Kier alpha value is -0.750. The first-order valence-corrected chi connectivity index (χ1v) is 12.1. The van der Waals surface area contributed by atoms with Crippen molar-refractivity contribution in [2.45, 2.75) is 45.6 Å². The van der Waals surface area contributed by atoms with Crippen LogP contribution in [-0.4, -0.2) is 59.9 Å². The van der Waals surface area contributed by atoms with E-state index in [4.69, 9.17) is 13.8 Å². The van der Waals surface area contributed by atoms with Crippen molar-refractivity contribution >= 4 is 7.36 Å². The third-order valence-corrected chi connectivity index (χ3v) is 11.9. The van der Waals surface area contributed by atoms with E-state index >= 15 is 0 Å². The molecule has 1 N–H and O–H groups in total. The van der Waals surface area contributed by atoms with Gasteiger partial charge in [0.1, 0.15) is 0 Å². The molecule has 1 aromatic rings. The molecule has 0 bridgehead atoms. The fourth-order valence-corrected chi connectivity index (χ4v) is 11.2. The first-order chi connectivity index (χ1) is 12.9. The molecular weight excluding hydrogens is 363 g/mol. The van der Waals surface area contributed by atoms with Crippen LogP contribution < -0.4 is 4.74 Å². The number of methoxy groups -OCH3 is 1. The summed E-state index contributed by atoms with van der Waals surface area (Å²) in [5.41, 5.74) is 0.753. The Balaban J connectivity index is 1.88. The Labute approximate surface area is 162 Å². The number of aliphatic hydroxyl groups is 1. The second-order valence-electron chi connectivity index (χ2n) is 8.59. The Morgan fingerprint density at radius 2 is 1.52 bits per heavy atom. The van der Waals surface area contributed by atoms with Crippen LogP contribution in [0.25, 0.3) is 0 Å². The molecule has 1 aromatic carbocycles. The van der Waals surface area contributed by atoms with E-state index in [1.165, 1.54) is 0 Å². The fourth-order valence-electron chi connectivity index (χ4n) is 5.15. The molecule has 0 radical (unpaired) electrons. The van der Waals surface area contributed by atoms with Crippen LogP contribution in [0, 0.1) is 11.8 Å². The van der Waals surface area contributed by atoms with Gasteiger partial charge in [0, 0.05) is 0 Å². The van der Waals surface area contributed by atoms with Gasteiger partial charge in [-0.2, -0.15) is 0 Å². The number of hydrogen-bond acceptors (Lipinski definition) is 6. The van der Waals surface area contributed by atoms with Crippen molar-refractivity contribution in [2.24, 2.45) is 11.8 Å². The van der Waals surface area contributed by atoms with E-state index in [0.717, 1.165) is 18.7 Å². The van der Waals surface area contributed by atoms with E-state index in [-0.39, 0.29) is 12.1 Å². The second kappa shape index (κ2) is 6.65. The third-order valence-electron chi connectivity index (χ3n) is 6.62. The molecule has 1 spiro atoms. The van der Waals surface area contributed by atoms with Crippen molar-refractivity contribution in [1.82, 2.24) is 9.34 Å². The average molecular weight is 396 g/mol. The standard InChI is InChI=1S/C20H33N2O4P/c1-14(2)17-12-25-27(20(23)16-8-6-7-9-19(16)24-5)21(17)10-11-22(27)18(13-26-27)15(3)4/h6-9,14-15,17-18,20,23H,10-13H2,1-5H3/t17-,18-,20+/m1/s1. The maximum absolute atomic E-state index is 11.9. The van der Waals surface area contributed by atoms with E-state index in [1.54, 1.807) is 7.11 Å². The van der Waals surface area contributed by atoms with Crippen molar-refractivity contribution in [3.8, 4) is 5.75 Å². The summed E-state index contributed by atoms with van der Waals surface area (Å²) in [5.74, 6) is 0.664. The monoisotopic (exact) mass is 396 g/mol. The molecule has 3 heterocycles. The molecule has 3 aliphatic rings. The van der Waals surface area contributed by atoms with Gasteiger partial charge in [-0.05, 0) is 0 Å². The minimum absolute atomic E-state index is 0.253. The van der Waals surface area contributed by atoms with Gasteiger partial charge in [-0.15, -0.1) is 0 Å². The number of ether oxygens (including phenoxy) is 1. The number of para-hydroxylation sites is 1. The molecule has 27 heavy (non-hydrogen) atoms. The molecule has 0 aromatic heterocycles. The SMILES string of the molecule is COc1ccccc1[C@@H](O)P123OC[C@H](C(C)C)N1CCN2[C@@H](C(C)C)CO3. The van der Waals surface area contributed by atoms with Crippen LogP contribution in [0.5, 0.6) is 5.75 Å². The van der Waals surface area contributed by atoms with Gasteiger partial charge in [-0.1, -0.05) is 0 Å². The zero-order valence-corrected chi connectivity index (χ0v) is 17.9. The van der Waals surface area contributed by atoms with Crippen LogP contribution in [-0.2, 0) is 9.05 Å². The summed E-state index contributed by atoms with van der Waals surface area (Å²) in [6.07, 6.45) is 0. The molecule has 0 unspecified atom stereocenters. The number of aliphatic hydroxyl groups excluding tert-OH is 1. The first-order valence-electron chi connectivity index (χ1n) is 10.0. The fraction of sp³-hybridized carbons (Fsp3) is 0.700. The van der Waals surface area contributed by atoms with E-state index in [0.29, 0.717) is 30.8 Å². The summed E-state index contributed by atoms with van der Waals surface area (Å²) in [5, 5.41) is 11.9. The number of nitrogens with zero attached hydrogens (tertiary/aromatic N) is 2. The van der Waals surface area contributed by atoms with Crippen molar-refractivity contribution in [3.05, 3.63) is 29.8 Å². The predicted molar refractivity (Wildman–Crippen MR) is 107 cm³/mol. The van der Waals surface area contributed by atoms with Crippen LogP contribution in [0.1, 0.15) is 39.1 Å². The molecule has 4 rings (SSSR count). The van der Waals surface area contributed by atoms with Crippen LogP contribution in [0.15, 0.2) is 24.3 Å². The molecule has 0 saturated carbocycles. The molecule has 0 amide bonds. The van der Waals surface area contributed by atoms with Gasteiger partial charge in [0.05, 0.1) is 0 Å². The Morgan fingerprint density at radius 3 is 2.00 bits per heavy atom. The van der Waals surface area contributed by atoms with E-state index < -0.39 is 13.2 Å². The van der Waals surface area contributed by atoms with Gasteiger partial charge in [0.15, 0.2) is 0 Å². The summed E-state index contributed by atoms with van der Waals surface area (Å²) in [7, 11) is -1.98. The van der Waals surface area contributed by atoms with Crippen molar-refractivity contribution in [3.63, 3.8) is 0 Å². The molecule has 152 valence electrons. The average Bonchev–Trinajstić information content (AvgIpc) is 3.26. The quantitative estimate of drug-likeness (QED) is 0.767. The van der Waals surface area contributed by atoms with E-state index in [9.17, 15) is 5.11 Å². The van der Waals surface area contributed by atoms with Gasteiger partial charge in [0.2, 0.25) is 0 Å². The minimum atomic E-state index is -3.62. The molecule has 7 heteroatoms. The summed E-state index contributed by atoms with van der Waals surface area (Å²) in [6.45, 7) is 11.8. The Kier molecular flexibility index (Phi) is 4.82. The Bertz CT molecular complexity index is 681. The molecule has 3 atom stereocenters. The van der Waals surface area contributed by atoms with Crippen LogP contribution >= 0.6 is 7.36 Å². The molecular formula is C20H33N2O4P. The van der Waals surface area contributed by atoms with Gasteiger partial charge in [0.25, 0.3) is 0 Å². The van der Waals surface area contributed by atoms with Crippen molar-refractivity contribution in [2.75, 3.05) is 33.4 Å². The maximum atomic E-state index is 11.9. The number of rotatable bonds is 5. The third kappa shape index (κ3) is 2.41. The number of hydrogen-bond donors (Lipinski definition) is 1. The van der Waals surface area contributed by atoms with Crippen LogP contribution in [0.2, 0.25) is 0 Å². The van der Waals surface area contributed by atoms with E-state index in [2.05, 4.69) is 37.0 Å². The van der Waals surface area contributed by atoms with Crippen molar-refractivity contribution < 1.29 is 18.9 Å². The van der Waals surface area contributed by atoms with E-state index in [1.807, 2.05) is 24.3 Å². The summed E-state index contributed by atoms with van der Waals surface area (Å²) < 4.78 is 23.8. The predicted octanol–water partition coefficient (Wildman–Crippen LogP) is 3.63. The number of benzene rings is 1. The Morgan fingerprint density at radius 1 is 1.00 bits per heavy atom. The summed E-state index contributed by atoms with van der Waals surface area (Å²) >= 11 is 0. The molecule has 6 nitrogen and oxygen atoms in total. The topological polar surface area (TPSA) is 54.4 Å². The second-order valence-corrected chi connectivity index (χ2v) is 12.5. The molecule has 3 saturated heterocycles. The normalized spacial score (nSPS) is 32.2. The first kappa shape index (κ1) is 19.6. The molecule has 3 fully saturated rings. The van der Waals surface area contributed by atoms with Gasteiger partial charge >= 0.3 is 162 Å². The zero-order chi connectivity index (χ0) is 19.4. The molecule has 0 aliphatic carbocycles. The summed E-state index contributed by atoms with van der Waals surface area (Å²) in [4.78, 5) is 0. The zero-order valence-electron chi connectivity index (χ0n) is 17.0. The van der Waals surface area contributed by atoms with Crippen molar-refractivity contribution in [1.29, 1.82) is 0 Å².